The zero-order valence-electron chi connectivity index (χ0n) is 40.6. The Kier molecular flexibility index (Phi) is 47.9. The second-order valence-corrected chi connectivity index (χ2v) is 17.2. The highest BCUT2D eigenvalue weighted by molar-refractivity contribution is 5.71. The molecule has 0 aliphatic carbocycles. The van der Waals surface area contributed by atoms with Gasteiger partial charge < -0.3 is 14.2 Å². The van der Waals surface area contributed by atoms with E-state index >= 15 is 0 Å². The van der Waals surface area contributed by atoms with Crippen LogP contribution in [0.2, 0.25) is 0 Å². The lowest BCUT2D eigenvalue weighted by molar-refractivity contribution is -0.167. The van der Waals surface area contributed by atoms with E-state index < -0.39 is 6.10 Å². The standard InChI is InChI=1S/C56H96O6/c1-4-7-10-13-16-19-22-25-27-29-31-34-37-40-43-46-49-55(58)61-52-53(51-60-54(57)48-45-42-39-36-33-30-24-21-18-15-12-9-6-3)62-56(59)50-47-44-41-38-35-32-28-26-23-20-17-14-11-8-5-2/h9,12,15,18,20-21,23-24,30,33,36,39,53H,4-8,10-11,13-14,16-17,19,22,25-29,31-32,34-35,37-38,40-52H2,1-3H3/b12-9+,18-15+,23-20+,24-21+,33-30+,39-36+. The molecule has 0 N–H and O–H groups in total. The number of carbonyl (C=O) groups excluding carboxylic acids is 3. The molecule has 6 nitrogen and oxygen atoms in total. The van der Waals surface area contributed by atoms with Crippen molar-refractivity contribution < 1.29 is 28.6 Å². The number of unbranched alkanes of at least 4 members (excludes halogenated alkanes) is 27. The Labute approximate surface area is 382 Å². The van der Waals surface area contributed by atoms with Gasteiger partial charge in [-0.15, -0.1) is 0 Å². The van der Waals surface area contributed by atoms with Gasteiger partial charge in [-0.25, -0.2) is 0 Å². The molecule has 1 atom stereocenters. The van der Waals surface area contributed by atoms with Crippen LogP contribution in [0, 0.1) is 0 Å². The third-order valence-corrected chi connectivity index (χ3v) is 11.1. The van der Waals surface area contributed by atoms with Crippen molar-refractivity contribution >= 4 is 17.9 Å². The van der Waals surface area contributed by atoms with E-state index in [0.29, 0.717) is 19.3 Å². The van der Waals surface area contributed by atoms with Gasteiger partial charge in [-0.3, -0.25) is 14.4 Å². The molecule has 0 rings (SSSR count). The Balaban J connectivity index is 4.45. The third kappa shape index (κ3) is 47.9. The minimum Gasteiger partial charge on any atom is -0.462 e. The van der Waals surface area contributed by atoms with Crippen molar-refractivity contribution in [3.63, 3.8) is 0 Å². The van der Waals surface area contributed by atoms with Crippen LogP contribution in [0.1, 0.15) is 245 Å². The van der Waals surface area contributed by atoms with Gasteiger partial charge in [0.1, 0.15) is 13.2 Å². The third-order valence-electron chi connectivity index (χ3n) is 11.1. The molecule has 0 radical (unpaired) electrons. The number of rotatable bonds is 46. The average molecular weight is 865 g/mol. The molecule has 0 aromatic carbocycles. The molecule has 356 valence electrons. The maximum atomic E-state index is 12.8. The van der Waals surface area contributed by atoms with Gasteiger partial charge in [-0.1, -0.05) is 241 Å². The summed E-state index contributed by atoms with van der Waals surface area (Å²) in [6.45, 7) is 6.42. The molecule has 0 aliphatic rings. The highest BCUT2D eigenvalue weighted by atomic mass is 16.6. The predicted octanol–water partition coefficient (Wildman–Crippen LogP) is 17.0. The molecule has 0 aromatic heterocycles. The van der Waals surface area contributed by atoms with Crippen molar-refractivity contribution in [2.75, 3.05) is 13.2 Å². The first-order valence-electron chi connectivity index (χ1n) is 26.0. The summed E-state index contributed by atoms with van der Waals surface area (Å²) in [4.78, 5) is 37.9. The van der Waals surface area contributed by atoms with Crippen molar-refractivity contribution in [1.29, 1.82) is 0 Å². The lowest BCUT2D eigenvalue weighted by Crippen LogP contribution is -2.30. The van der Waals surface area contributed by atoms with Gasteiger partial charge in [0.15, 0.2) is 6.10 Å². The first-order valence-corrected chi connectivity index (χ1v) is 26.0. The number of hydrogen-bond donors (Lipinski definition) is 0. The molecule has 1 unspecified atom stereocenters. The highest BCUT2D eigenvalue weighted by Gasteiger charge is 2.19. The number of hydrogen-bond acceptors (Lipinski definition) is 6. The van der Waals surface area contributed by atoms with Crippen LogP contribution in [0.3, 0.4) is 0 Å². The predicted molar refractivity (Wildman–Crippen MR) is 265 cm³/mol. The Morgan fingerprint density at radius 3 is 1.10 bits per heavy atom. The number of carbonyl (C=O) groups is 3. The maximum absolute atomic E-state index is 12.8. The largest absolute Gasteiger partial charge is 0.462 e. The number of esters is 3. The summed E-state index contributed by atoms with van der Waals surface area (Å²) in [7, 11) is 0. The molecule has 0 bridgehead atoms. The van der Waals surface area contributed by atoms with Crippen LogP contribution >= 0.6 is 0 Å². The summed E-state index contributed by atoms with van der Waals surface area (Å²) in [6.07, 6.45) is 63.2. The fraction of sp³-hybridized carbons (Fsp3) is 0.732. The summed E-state index contributed by atoms with van der Waals surface area (Å²) in [5, 5.41) is 0. The van der Waals surface area contributed by atoms with Crippen LogP contribution in [-0.4, -0.2) is 37.2 Å². The van der Waals surface area contributed by atoms with Crippen molar-refractivity contribution in [2.45, 2.75) is 252 Å². The molecule has 0 aliphatic heterocycles. The maximum Gasteiger partial charge on any atom is 0.306 e. The summed E-state index contributed by atoms with van der Waals surface area (Å²) in [5.74, 6) is -0.975. The van der Waals surface area contributed by atoms with E-state index in [-0.39, 0.29) is 37.5 Å². The van der Waals surface area contributed by atoms with Crippen LogP contribution in [0.5, 0.6) is 0 Å². The van der Waals surface area contributed by atoms with Gasteiger partial charge in [0.2, 0.25) is 0 Å². The fourth-order valence-corrected chi connectivity index (χ4v) is 7.17. The molecule has 0 spiro atoms. The van der Waals surface area contributed by atoms with E-state index in [1.54, 1.807) is 0 Å². The first-order chi connectivity index (χ1) is 30.5. The summed E-state index contributed by atoms with van der Waals surface area (Å²) in [6, 6.07) is 0. The zero-order valence-corrected chi connectivity index (χ0v) is 40.6. The minimum atomic E-state index is -0.804. The topological polar surface area (TPSA) is 78.9 Å². The lowest BCUT2D eigenvalue weighted by Gasteiger charge is -2.18. The average Bonchev–Trinajstić information content (AvgIpc) is 3.27. The highest BCUT2D eigenvalue weighted by Crippen LogP contribution is 2.15. The molecular formula is C56H96O6. The monoisotopic (exact) mass is 865 g/mol. The molecule has 0 amide bonds. The van der Waals surface area contributed by atoms with Gasteiger partial charge in [0.05, 0.1) is 0 Å². The zero-order chi connectivity index (χ0) is 45.1. The Morgan fingerprint density at radius 2 is 0.661 bits per heavy atom. The number of allylic oxidation sites excluding steroid dienone is 12. The van der Waals surface area contributed by atoms with Crippen LogP contribution < -0.4 is 0 Å². The quantitative estimate of drug-likeness (QED) is 0.0199. The number of ether oxygens (including phenoxy) is 3. The molecule has 0 heterocycles. The molecule has 6 heteroatoms. The molecule has 62 heavy (non-hydrogen) atoms. The van der Waals surface area contributed by atoms with Gasteiger partial charge >= 0.3 is 17.9 Å². The van der Waals surface area contributed by atoms with E-state index in [0.717, 1.165) is 51.4 Å². The van der Waals surface area contributed by atoms with E-state index in [1.807, 2.05) is 54.7 Å². The van der Waals surface area contributed by atoms with Crippen molar-refractivity contribution in [3.05, 3.63) is 72.9 Å². The van der Waals surface area contributed by atoms with Crippen molar-refractivity contribution in [1.82, 2.24) is 0 Å². The van der Waals surface area contributed by atoms with Crippen molar-refractivity contribution in [3.8, 4) is 0 Å². The van der Waals surface area contributed by atoms with E-state index in [9.17, 15) is 14.4 Å². The molecule has 0 saturated carbocycles. The van der Waals surface area contributed by atoms with Crippen LogP contribution in [0.4, 0.5) is 0 Å². The van der Waals surface area contributed by atoms with Crippen molar-refractivity contribution in [2.24, 2.45) is 0 Å². The van der Waals surface area contributed by atoms with Crippen LogP contribution in [-0.2, 0) is 28.6 Å². The van der Waals surface area contributed by atoms with Crippen LogP contribution in [0.25, 0.3) is 0 Å². The van der Waals surface area contributed by atoms with Crippen LogP contribution in [0.15, 0.2) is 72.9 Å². The Bertz CT molecular complexity index is 1180. The summed E-state index contributed by atoms with van der Waals surface area (Å²) in [5.41, 5.74) is 0. The summed E-state index contributed by atoms with van der Waals surface area (Å²) >= 11 is 0. The fourth-order valence-electron chi connectivity index (χ4n) is 7.17. The SMILES string of the molecule is CC/C=C/C=C/C=C/C=C/C=C/CCCC(=O)OCC(COC(=O)CCCCCCCCCCCCCCCCCC)OC(=O)CCCCCCCCC/C=C/CCCCCC. The van der Waals surface area contributed by atoms with Gasteiger partial charge in [0, 0.05) is 19.3 Å². The second kappa shape index (κ2) is 50.5. The minimum absolute atomic E-state index is 0.0977. The van der Waals surface area contributed by atoms with Gasteiger partial charge in [-0.05, 0) is 57.8 Å². The summed E-state index contributed by atoms with van der Waals surface area (Å²) < 4.78 is 16.7. The second-order valence-electron chi connectivity index (χ2n) is 17.2. The molecular weight excluding hydrogens is 769 g/mol. The first kappa shape index (κ1) is 58.9. The van der Waals surface area contributed by atoms with Gasteiger partial charge in [0.25, 0.3) is 0 Å². The van der Waals surface area contributed by atoms with E-state index in [4.69, 9.17) is 14.2 Å². The molecule has 0 aromatic rings. The smallest absolute Gasteiger partial charge is 0.306 e. The normalized spacial score (nSPS) is 12.6. The van der Waals surface area contributed by atoms with E-state index in [2.05, 4.69) is 39.0 Å². The van der Waals surface area contributed by atoms with E-state index in [1.165, 1.54) is 148 Å². The Morgan fingerprint density at radius 1 is 0.339 bits per heavy atom. The van der Waals surface area contributed by atoms with Gasteiger partial charge in [-0.2, -0.15) is 0 Å². The molecule has 0 fully saturated rings. The Hall–Kier alpha value is -3.15. The lowest BCUT2D eigenvalue weighted by atomic mass is 10.0. The molecule has 0 saturated heterocycles.